The van der Waals surface area contributed by atoms with E-state index in [0.717, 1.165) is 5.56 Å². The highest BCUT2D eigenvalue weighted by atomic mass is 127. The second-order valence-corrected chi connectivity index (χ2v) is 4.34. The third-order valence-electron chi connectivity index (χ3n) is 2.13. The Morgan fingerprint density at radius 2 is 2.40 bits per heavy atom. The third kappa shape index (κ3) is 2.11. The lowest BCUT2D eigenvalue weighted by atomic mass is 10.3. The molecule has 4 nitrogen and oxygen atoms in total. The van der Waals surface area contributed by atoms with E-state index in [1.807, 2.05) is 35.6 Å². The fourth-order valence-corrected chi connectivity index (χ4v) is 1.73. The minimum absolute atomic E-state index is 0.00991. The van der Waals surface area contributed by atoms with E-state index in [9.17, 15) is 4.79 Å². The zero-order chi connectivity index (χ0) is 10.8. The average Bonchev–Trinajstić information content (AvgIpc) is 2.71. The summed E-state index contributed by atoms with van der Waals surface area (Å²) in [4.78, 5) is 15.9. The summed E-state index contributed by atoms with van der Waals surface area (Å²) >= 11 is 1.99. The van der Waals surface area contributed by atoms with E-state index in [1.165, 1.54) is 0 Å². The van der Waals surface area contributed by atoms with Crippen LogP contribution in [-0.2, 0) is 6.54 Å². The normalized spacial score (nSPS) is 10.5. The molecular weight excluding hydrogens is 307 g/mol. The van der Waals surface area contributed by atoms with Crippen LogP contribution in [0.3, 0.4) is 0 Å². The number of aromatic nitrogens is 2. The van der Waals surface area contributed by atoms with Crippen LogP contribution in [0.2, 0.25) is 0 Å². The van der Waals surface area contributed by atoms with Gasteiger partial charge in [-0.3, -0.25) is 9.36 Å². The maximum Gasteiger partial charge on any atom is 0.267 e. The summed E-state index contributed by atoms with van der Waals surface area (Å²) in [5.41, 5.74) is 0.952. The Morgan fingerprint density at radius 1 is 1.60 bits per heavy atom. The number of halogens is 1. The predicted molar refractivity (Wildman–Crippen MR) is 63.8 cm³/mol. The van der Waals surface area contributed by atoms with Crippen molar-refractivity contribution in [2.75, 3.05) is 0 Å². The van der Waals surface area contributed by atoms with E-state index in [2.05, 4.69) is 4.98 Å². The number of rotatable bonds is 2. The molecule has 0 unspecified atom stereocenters. The molecule has 0 aliphatic rings. The molecule has 0 amide bonds. The lowest BCUT2D eigenvalue weighted by Gasteiger charge is -2.07. The van der Waals surface area contributed by atoms with Gasteiger partial charge in [0.1, 0.15) is 5.82 Å². The van der Waals surface area contributed by atoms with Gasteiger partial charge in [-0.15, -0.1) is 0 Å². The highest BCUT2D eigenvalue weighted by molar-refractivity contribution is 14.1. The summed E-state index contributed by atoms with van der Waals surface area (Å²) in [6.07, 6.45) is 4.81. The molecule has 0 saturated heterocycles. The van der Waals surface area contributed by atoms with Gasteiger partial charge in [-0.25, -0.2) is 4.98 Å². The summed E-state index contributed by atoms with van der Waals surface area (Å²) in [5, 5.41) is 0. The highest BCUT2D eigenvalue weighted by Crippen LogP contribution is 2.04. The van der Waals surface area contributed by atoms with E-state index in [-0.39, 0.29) is 5.56 Å². The fourth-order valence-electron chi connectivity index (χ4n) is 1.30. The van der Waals surface area contributed by atoms with E-state index in [0.29, 0.717) is 15.9 Å². The van der Waals surface area contributed by atoms with Gasteiger partial charge in [0.2, 0.25) is 0 Å². The van der Waals surface area contributed by atoms with Crippen molar-refractivity contribution in [3.63, 3.8) is 0 Å². The van der Waals surface area contributed by atoms with Gasteiger partial charge in [0.05, 0.1) is 22.6 Å². The summed E-state index contributed by atoms with van der Waals surface area (Å²) < 4.78 is 7.22. The van der Waals surface area contributed by atoms with Gasteiger partial charge >= 0.3 is 0 Å². The number of furan rings is 1. The van der Waals surface area contributed by atoms with Gasteiger partial charge in [-0.1, -0.05) is 0 Å². The molecule has 0 aromatic carbocycles. The smallest absolute Gasteiger partial charge is 0.267 e. The Kier molecular flexibility index (Phi) is 2.90. The second kappa shape index (κ2) is 4.18. The van der Waals surface area contributed by atoms with Gasteiger partial charge in [0.15, 0.2) is 0 Å². The molecule has 0 fully saturated rings. The summed E-state index contributed by atoms with van der Waals surface area (Å²) in [6, 6.07) is 1.84. The Hall–Kier alpha value is -1.11. The largest absolute Gasteiger partial charge is 0.472 e. The maximum absolute atomic E-state index is 11.8. The molecule has 78 valence electrons. The zero-order valence-corrected chi connectivity index (χ0v) is 10.3. The first-order valence-electron chi connectivity index (χ1n) is 4.41. The summed E-state index contributed by atoms with van der Waals surface area (Å²) in [7, 11) is 0. The monoisotopic (exact) mass is 316 g/mol. The quantitative estimate of drug-likeness (QED) is 0.794. The molecule has 0 spiro atoms. The SMILES string of the molecule is Cc1ncc(I)c(=O)n1Cc1ccoc1. The van der Waals surface area contributed by atoms with Crippen LogP contribution in [-0.4, -0.2) is 9.55 Å². The molecule has 5 heteroatoms. The first kappa shape index (κ1) is 10.4. The highest BCUT2D eigenvalue weighted by Gasteiger charge is 2.06. The van der Waals surface area contributed by atoms with Crippen LogP contribution < -0.4 is 5.56 Å². The number of aryl methyl sites for hydroxylation is 1. The Morgan fingerprint density at radius 3 is 3.07 bits per heavy atom. The van der Waals surface area contributed by atoms with Crippen molar-refractivity contribution in [2.24, 2.45) is 0 Å². The Bertz CT molecular complexity index is 517. The molecule has 2 heterocycles. The van der Waals surface area contributed by atoms with Gasteiger partial charge in [0.25, 0.3) is 5.56 Å². The van der Waals surface area contributed by atoms with Crippen molar-refractivity contribution >= 4 is 22.6 Å². The van der Waals surface area contributed by atoms with E-state index in [4.69, 9.17) is 4.42 Å². The first-order valence-corrected chi connectivity index (χ1v) is 5.49. The second-order valence-electron chi connectivity index (χ2n) is 3.18. The van der Waals surface area contributed by atoms with E-state index < -0.39 is 0 Å². The number of hydrogen-bond acceptors (Lipinski definition) is 3. The molecular formula is C10H9IN2O2. The molecule has 0 bridgehead atoms. The van der Waals surface area contributed by atoms with E-state index >= 15 is 0 Å². The van der Waals surface area contributed by atoms with Gasteiger partial charge in [-0.05, 0) is 35.6 Å². The predicted octanol–water partition coefficient (Wildman–Crippen LogP) is 1.80. The Labute approximate surface area is 100 Å². The van der Waals surface area contributed by atoms with Crippen molar-refractivity contribution in [1.82, 2.24) is 9.55 Å². The van der Waals surface area contributed by atoms with Crippen molar-refractivity contribution in [3.8, 4) is 0 Å². The molecule has 2 aromatic heterocycles. The van der Waals surface area contributed by atoms with Crippen LogP contribution in [0.25, 0.3) is 0 Å². The minimum atomic E-state index is -0.00991. The van der Waals surface area contributed by atoms with Crippen molar-refractivity contribution in [3.05, 3.63) is 50.1 Å². The van der Waals surface area contributed by atoms with Crippen LogP contribution >= 0.6 is 22.6 Å². The van der Waals surface area contributed by atoms with Gasteiger partial charge in [0, 0.05) is 11.8 Å². The third-order valence-corrected chi connectivity index (χ3v) is 2.87. The van der Waals surface area contributed by atoms with Crippen LogP contribution in [0.4, 0.5) is 0 Å². The van der Waals surface area contributed by atoms with Crippen LogP contribution in [0.1, 0.15) is 11.4 Å². The standard InChI is InChI=1S/C10H9IN2O2/c1-7-12-4-9(11)10(14)13(7)5-8-2-3-15-6-8/h2-4,6H,5H2,1H3. The molecule has 2 rings (SSSR count). The molecule has 0 saturated carbocycles. The lowest BCUT2D eigenvalue weighted by molar-refractivity contribution is 0.560. The molecule has 0 aliphatic carbocycles. The van der Waals surface area contributed by atoms with Crippen LogP contribution in [0.5, 0.6) is 0 Å². The van der Waals surface area contributed by atoms with Gasteiger partial charge in [-0.2, -0.15) is 0 Å². The molecule has 0 radical (unpaired) electrons. The molecule has 15 heavy (non-hydrogen) atoms. The van der Waals surface area contributed by atoms with Crippen LogP contribution in [0, 0.1) is 10.5 Å². The molecule has 0 atom stereocenters. The topological polar surface area (TPSA) is 48.0 Å². The molecule has 0 N–H and O–H groups in total. The van der Waals surface area contributed by atoms with Crippen LogP contribution in [0.15, 0.2) is 34.0 Å². The number of nitrogens with zero attached hydrogens (tertiary/aromatic N) is 2. The maximum atomic E-state index is 11.8. The average molecular weight is 316 g/mol. The van der Waals surface area contributed by atoms with Gasteiger partial charge < -0.3 is 4.42 Å². The van der Waals surface area contributed by atoms with Crippen molar-refractivity contribution in [2.45, 2.75) is 13.5 Å². The fraction of sp³-hybridized carbons (Fsp3) is 0.200. The molecule has 2 aromatic rings. The van der Waals surface area contributed by atoms with Crippen molar-refractivity contribution in [1.29, 1.82) is 0 Å². The van der Waals surface area contributed by atoms with E-state index in [1.54, 1.807) is 23.3 Å². The number of hydrogen-bond donors (Lipinski definition) is 0. The lowest BCUT2D eigenvalue weighted by Crippen LogP contribution is -2.25. The molecule has 0 aliphatic heterocycles. The zero-order valence-electron chi connectivity index (χ0n) is 8.11. The minimum Gasteiger partial charge on any atom is -0.472 e. The first-order chi connectivity index (χ1) is 7.18. The van der Waals surface area contributed by atoms with Crippen molar-refractivity contribution < 1.29 is 4.42 Å². The summed E-state index contributed by atoms with van der Waals surface area (Å²) in [6.45, 7) is 2.32. The Balaban J connectivity index is 2.44. The summed E-state index contributed by atoms with van der Waals surface area (Å²) in [5.74, 6) is 0.710.